The van der Waals surface area contributed by atoms with E-state index in [1.165, 1.54) is 11.1 Å². The van der Waals surface area contributed by atoms with Gasteiger partial charge in [-0.05, 0) is 42.5 Å². The predicted octanol–water partition coefficient (Wildman–Crippen LogP) is 2.27. The van der Waals surface area contributed by atoms with Crippen LogP contribution < -0.4 is 5.73 Å². The molecule has 2 N–H and O–H groups in total. The van der Waals surface area contributed by atoms with Crippen molar-refractivity contribution in [3.05, 3.63) is 33.8 Å². The van der Waals surface area contributed by atoms with Gasteiger partial charge in [0, 0.05) is 10.5 Å². The second-order valence-electron chi connectivity index (χ2n) is 3.42. The molecule has 0 saturated heterocycles. The SMILES string of the molecule is NC1CCc2ccc(Br)cc2C1. The van der Waals surface area contributed by atoms with Crippen LogP contribution >= 0.6 is 15.9 Å². The third-order valence-corrected chi connectivity index (χ3v) is 2.93. The number of hydrogen-bond donors (Lipinski definition) is 1. The molecular weight excluding hydrogens is 214 g/mol. The molecule has 0 fully saturated rings. The third kappa shape index (κ3) is 1.54. The molecule has 1 aromatic rings. The number of fused-ring (bicyclic) bond motifs is 1. The lowest BCUT2D eigenvalue weighted by atomic mass is 9.89. The van der Waals surface area contributed by atoms with E-state index in [-0.39, 0.29) is 0 Å². The Morgan fingerprint density at radius 1 is 1.33 bits per heavy atom. The van der Waals surface area contributed by atoms with Crippen LogP contribution in [-0.2, 0) is 12.8 Å². The molecule has 0 saturated carbocycles. The maximum absolute atomic E-state index is 5.88. The smallest absolute Gasteiger partial charge is 0.0178 e. The average Bonchev–Trinajstić information content (AvgIpc) is 2.03. The molecule has 0 spiro atoms. The number of aryl methyl sites for hydroxylation is 1. The van der Waals surface area contributed by atoms with E-state index in [4.69, 9.17) is 5.73 Å². The second kappa shape index (κ2) is 3.19. The molecule has 1 atom stereocenters. The first-order valence-electron chi connectivity index (χ1n) is 4.28. The molecule has 1 aliphatic rings. The van der Waals surface area contributed by atoms with Gasteiger partial charge in [0.15, 0.2) is 0 Å². The van der Waals surface area contributed by atoms with Crippen LogP contribution in [0, 0.1) is 0 Å². The molecule has 1 aliphatic carbocycles. The zero-order chi connectivity index (χ0) is 8.55. The number of halogens is 1. The highest BCUT2D eigenvalue weighted by molar-refractivity contribution is 9.10. The Bertz CT molecular complexity index is 296. The van der Waals surface area contributed by atoms with Gasteiger partial charge in [0.25, 0.3) is 0 Å². The summed E-state index contributed by atoms with van der Waals surface area (Å²) in [5.41, 5.74) is 8.78. The fourth-order valence-electron chi connectivity index (χ4n) is 1.75. The average molecular weight is 226 g/mol. The van der Waals surface area contributed by atoms with Crippen molar-refractivity contribution in [1.29, 1.82) is 0 Å². The Kier molecular flexibility index (Phi) is 2.20. The summed E-state index contributed by atoms with van der Waals surface area (Å²) >= 11 is 3.47. The molecular formula is C10H12BrN. The summed E-state index contributed by atoms with van der Waals surface area (Å²) in [6, 6.07) is 6.86. The van der Waals surface area contributed by atoms with Crippen LogP contribution in [0.3, 0.4) is 0 Å². The molecule has 0 bridgehead atoms. The van der Waals surface area contributed by atoms with E-state index in [1.54, 1.807) is 0 Å². The third-order valence-electron chi connectivity index (χ3n) is 2.43. The van der Waals surface area contributed by atoms with Gasteiger partial charge in [-0.15, -0.1) is 0 Å². The minimum Gasteiger partial charge on any atom is -0.327 e. The van der Waals surface area contributed by atoms with Crippen LogP contribution in [0.15, 0.2) is 22.7 Å². The first-order valence-corrected chi connectivity index (χ1v) is 5.08. The zero-order valence-corrected chi connectivity index (χ0v) is 8.47. The standard InChI is InChI=1S/C10H12BrN/c11-9-3-1-7-2-4-10(12)6-8(7)5-9/h1,3,5,10H,2,4,6,12H2. The molecule has 0 amide bonds. The van der Waals surface area contributed by atoms with E-state index in [2.05, 4.69) is 34.1 Å². The van der Waals surface area contributed by atoms with Gasteiger partial charge in [-0.25, -0.2) is 0 Å². The molecule has 64 valence electrons. The first-order chi connectivity index (χ1) is 5.75. The lowest BCUT2D eigenvalue weighted by molar-refractivity contribution is 0.576. The number of rotatable bonds is 0. The van der Waals surface area contributed by atoms with E-state index in [9.17, 15) is 0 Å². The number of hydrogen-bond acceptors (Lipinski definition) is 1. The fraction of sp³-hybridized carbons (Fsp3) is 0.400. The van der Waals surface area contributed by atoms with Gasteiger partial charge >= 0.3 is 0 Å². The lowest BCUT2D eigenvalue weighted by Gasteiger charge is -2.21. The predicted molar refractivity (Wildman–Crippen MR) is 54.1 cm³/mol. The van der Waals surface area contributed by atoms with Gasteiger partial charge in [0.05, 0.1) is 0 Å². The minimum absolute atomic E-state index is 0.367. The van der Waals surface area contributed by atoms with E-state index in [0.717, 1.165) is 23.7 Å². The summed E-state index contributed by atoms with van der Waals surface area (Å²) in [7, 11) is 0. The van der Waals surface area contributed by atoms with Crippen LogP contribution in [0.5, 0.6) is 0 Å². The van der Waals surface area contributed by atoms with Crippen molar-refractivity contribution >= 4 is 15.9 Å². The van der Waals surface area contributed by atoms with Gasteiger partial charge in [0.1, 0.15) is 0 Å². The normalized spacial score (nSPS) is 22.0. The lowest BCUT2D eigenvalue weighted by Crippen LogP contribution is -2.27. The van der Waals surface area contributed by atoms with Crippen molar-refractivity contribution in [2.75, 3.05) is 0 Å². The van der Waals surface area contributed by atoms with E-state index in [1.807, 2.05) is 0 Å². The molecule has 2 rings (SSSR count). The molecule has 12 heavy (non-hydrogen) atoms. The van der Waals surface area contributed by atoms with Crippen molar-refractivity contribution in [1.82, 2.24) is 0 Å². The summed E-state index contributed by atoms with van der Waals surface area (Å²) in [4.78, 5) is 0. The minimum atomic E-state index is 0.367. The van der Waals surface area contributed by atoms with Gasteiger partial charge in [-0.2, -0.15) is 0 Å². The highest BCUT2D eigenvalue weighted by Crippen LogP contribution is 2.23. The molecule has 1 aromatic carbocycles. The maximum atomic E-state index is 5.88. The van der Waals surface area contributed by atoms with E-state index < -0.39 is 0 Å². The quantitative estimate of drug-likeness (QED) is 0.721. The van der Waals surface area contributed by atoms with Gasteiger partial charge in [-0.1, -0.05) is 22.0 Å². The van der Waals surface area contributed by atoms with Crippen molar-refractivity contribution in [3.8, 4) is 0 Å². The Labute approximate surface area is 81.1 Å². The molecule has 0 radical (unpaired) electrons. The van der Waals surface area contributed by atoms with E-state index in [0.29, 0.717) is 6.04 Å². The van der Waals surface area contributed by atoms with Crippen LogP contribution in [0.4, 0.5) is 0 Å². The van der Waals surface area contributed by atoms with Gasteiger partial charge < -0.3 is 5.73 Å². The Morgan fingerprint density at radius 3 is 3.00 bits per heavy atom. The Morgan fingerprint density at radius 2 is 2.17 bits per heavy atom. The molecule has 1 nitrogen and oxygen atoms in total. The Hall–Kier alpha value is -0.340. The molecule has 2 heteroatoms. The highest BCUT2D eigenvalue weighted by Gasteiger charge is 2.14. The monoisotopic (exact) mass is 225 g/mol. The van der Waals surface area contributed by atoms with Gasteiger partial charge in [-0.3, -0.25) is 0 Å². The maximum Gasteiger partial charge on any atom is 0.0178 e. The zero-order valence-electron chi connectivity index (χ0n) is 6.89. The van der Waals surface area contributed by atoms with E-state index >= 15 is 0 Å². The Balaban J connectivity index is 2.37. The van der Waals surface area contributed by atoms with Crippen molar-refractivity contribution in [2.24, 2.45) is 5.73 Å². The van der Waals surface area contributed by atoms with Crippen molar-refractivity contribution < 1.29 is 0 Å². The van der Waals surface area contributed by atoms with Crippen LogP contribution in [0.25, 0.3) is 0 Å². The molecule has 0 aliphatic heterocycles. The molecule has 0 heterocycles. The largest absolute Gasteiger partial charge is 0.327 e. The number of nitrogens with two attached hydrogens (primary N) is 1. The molecule has 1 unspecified atom stereocenters. The van der Waals surface area contributed by atoms with Crippen molar-refractivity contribution in [2.45, 2.75) is 25.3 Å². The summed E-state index contributed by atoms with van der Waals surface area (Å²) in [5, 5.41) is 0. The first kappa shape index (κ1) is 8.27. The summed E-state index contributed by atoms with van der Waals surface area (Å²) in [5.74, 6) is 0. The summed E-state index contributed by atoms with van der Waals surface area (Å²) in [6.45, 7) is 0. The van der Waals surface area contributed by atoms with Crippen molar-refractivity contribution in [3.63, 3.8) is 0 Å². The van der Waals surface area contributed by atoms with Gasteiger partial charge in [0.2, 0.25) is 0 Å². The second-order valence-corrected chi connectivity index (χ2v) is 4.33. The van der Waals surface area contributed by atoms with Crippen LogP contribution in [0.1, 0.15) is 17.5 Å². The number of benzene rings is 1. The fourth-order valence-corrected chi connectivity index (χ4v) is 2.16. The summed E-state index contributed by atoms with van der Waals surface area (Å²) < 4.78 is 1.16. The highest BCUT2D eigenvalue weighted by atomic mass is 79.9. The topological polar surface area (TPSA) is 26.0 Å². The van der Waals surface area contributed by atoms with Crippen LogP contribution in [-0.4, -0.2) is 6.04 Å². The summed E-state index contributed by atoms with van der Waals surface area (Å²) in [6.07, 6.45) is 3.31. The van der Waals surface area contributed by atoms with Crippen LogP contribution in [0.2, 0.25) is 0 Å². The molecule has 0 aromatic heterocycles.